The first-order valence-corrected chi connectivity index (χ1v) is 6.71. The number of hydrogen-bond acceptors (Lipinski definition) is 1. The van der Waals surface area contributed by atoms with E-state index in [9.17, 15) is 9.50 Å². The fourth-order valence-corrected chi connectivity index (χ4v) is 2.24. The number of halogens is 2. The maximum absolute atomic E-state index is 13.0. The zero-order chi connectivity index (χ0) is 13.7. The van der Waals surface area contributed by atoms with Gasteiger partial charge in [-0.3, -0.25) is 0 Å². The normalized spacial score (nSPS) is 12.4. The lowest BCUT2D eigenvalue weighted by molar-refractivity contribution is 0.164. The summed E-state index contributed by atoms with van der Waals surface area (Å²) in [7, 11) is 0. The van der Waals surface area contributed by atoms with E-state index in [1.165, 1.54) is 6.07 Å². The third kappa shape index (κ3) is 4.05. The van der Waals surface area contributed by atoms with Crippen molar-refractivity contribution in [1.82, 2.24) is 0 Å². The van der Waals surface area contributed by atoms with Crippen LogP contribution in [-0.2, 0) is 6.42 Å². The maximum Gasteiger partial charge on any atom is 0.141 e. The minimum atomic E-state index is -0.447. The number of rotatable bonds is 5. The summed E-state index contributed by atoms with van der Waals surface area (Å²) in [5.74, 6) is -0.394. The molecule has 2 aromatic rings. The average molecular weight is 279 g/mol. The predicted octanol–water partition coefficient (Wildman–Crippen LogP) is 4.54. The molecule has 0 saturated carbocycles. The van der Waals surface area contributed by atoms with E-state index in [4.69, 9.17) is 11.6 Å². The van der Waals surface area contributed by atoms with Crippen molar-refractivity contribution in [3.8, 4) is 0 Å². The topological polar surface area (TPSA) is 20.2 Å². The van der Waals surface area contributed by atoms with Gasteiger partial charge >= 0.3 is 0 Å². The van der Waals surface area contributed by atoms with Gasteiger partial charge in [-0.25, -0.2) is 4.39 Å². The van der Waals surface area contributed by atoms with Crippen LogP contribution in [0.25, 0.3) is 0 Å². The van der Waals surface area contributed by atoms with E-state index in [0.29, 0.717) is 6.42 Å². The van der Waals surface area contributed by atoms with Crippen LogP contribution in [0.1, 0.15) is 30.1 Å². The monoisotopic (exact) mass is 278 g/mol. The lowest BCUT2D eigenvalue weighted by Crippen LogP contribution is -1.98. The maximum atomic E-state index is 13.0. The van der Waals surface area contributed by atoms with Gasteiger partial charge in [0.25, 0.3) is 0 Å². The van der Waals surface area contributed by atoms with Gasteiger partial charge in [-0.1, -0.05) is 48.0 Å². The lowest BCUT2D eigenvalue weighted by Gasteiger charge is -2.10. The van der Waals surface area contributed by atoms with Gasteiger partial charge in [-0.05, 0) is 42.5 Å². The zero-order valence-corrected chi connectivity index (χ0v) is 11.3. The average Bonchev–Trinajstić information content (AvgIpc) is 2.43. The molecule has 1 unspecified atom stereocenters. The van der Waals surface area contributed by atoms with Crippen LogP contribution in [0.4, 0.5) is 4.39 Å². The second-order valence-electron chi connectivity index (χ2n) is 4.57. The number of aliphatic hydroxyl groups is 1. The first kappa shape index (κ1) is 14.0. The number of benzene rings is 2. The van der Waals surface area contributed by atoms with Crippen molar-refractivity contribution in [1.29, 1.82) is 0 Å². The Bertz CT molecular complexity index is 528. The molecule has 0 spiro atoms. The molecule has 0 aliphatic carbocycles. The molecule has 1 nitrogen and oxygen atoms in total. The van der Waals surface area contributed by atoms with Crippen LogP contribution in [0.5, 0.6) is 0 Å². The lowest BCUT2D eigenvalue weighted by atomic mass is 10.0. The van der Waals surface area contributed by atoms with Crippen molar-refractivity contribution in [2.75, 3.05) is 0 Å². The minimum absolute atomic E-state index is 0.154. The second-order valence-corrected chi connectivity index (χ2v) is 4.97. The predicted molar refractivity (Wildman–Crippen MR) is 75.7 cm³/mol. The Morgan fingerprint density at radius 2 is 1.84 bits per heavy atom. The SMILES string of the molecule is OC(CCCc1ccc(F)c(Cl)c1)c1ccccc1. The van der Waals surface area contributed by atoms with Crippen LogP contribution < -0.4 is 0 Å². The highest BCUT2D eigenvalue weighted by Gasteiger charge is 2.07. The number of aliphatic hydroxyl groups excluding tert-OH is 1. The Morgan fingerprint density at radius 3 is 2.53 bits per heavy atom. The molecule has 100 valence electrons. The molecule has 0 aromatic heterocycles. The first-order chi connectivity index (χ1) is 9.16. The van der Waals surface area contributed by atoms with E-state index in [-0.39, 0.29) is 5.02 Å². The van der Waals surface area contributed by atoms with Crippen molar-refractivity contribution in [2.24, 2.45) is 0 Å². The molecule has 0 aliphatic heterocycles. The Hall–Kier alpha value is -1.38. The van der Waals surface area contributed by atoms with Crippen LogP contribution in [0.3, 0.4) is 0 Å². The standard InChI is InChI=1S/C16H16ClFO/c17-14-11-12(9-10-15(14)18)5-4-8-16(19)13-6-2-1-3-7-13/h1-3,6-7,9-11,16,19H,4-5,8H2. The molecule has 0 saturated heterocycles. The number of hydrogen-bond donors (Lipinski definition) is 1. The van der Waals surface area contributed by atoms with Crippen molar-refractivity contribution >= 4 is 11.6 Å². The highest BCUT2D eigenvalue weighted by molar-refractivity contribution is 6.30. The van der Waals surface area contributed by atoms with Crippen molar-refractivity contribution in [3.05, 3.63) is 70.5 Å². The molecule has 3 heteroatoms. The van der Waals surface area contributed by atoms with Crippen molar-refractivity contribution in [2.45, 2.75) is 25.4 Å². The van der Waals surface area contributed by atoms with Crippen molar-refractivity contribution in [3.63, 3.8) is 0 Å². The van der Waals surface area contributed by atoms with Gasteiger partial charge in [0.1, 0.15) is 5.82 Å². The molecular formula is C16H16ClFO. The first-order valence-electron chi connectivity index (χ1n) is 6.34. The molecule has 0 heterocycles. The highest BCUT2D eigenvalue weighted by atomic mass is 35.5. The smallest absolute Gasteiger partial charge is 0.141 e. The Balaban J connectivity index is 1.85. The van der Waals surface area contributed by atoms with E-state index >= 15 is 0 Å². The van der Waals surface area contributed by atoms with E-state index < -0.39 is 11.9 Å². The quantitative estimate of drug-likeness (QED) is 0.851. The summed E-state index contributed by atoms with van der Waals surface area (Å²) in [6.07, 6.45) is 1.85. The van der Waals surface area contributed by atoms with Crippen molar-refractivity contribution < 1.29 is 9.50 Å². The summed E-state index contributed by atoms with van der Waals surface area (Å²) in [6, 6.07) is 14.3. The summed E-state index contributed by atoms with van der Waals surface area (Å²) in [6.45, 7) is 0. The molecule has 0 bridgehead atoms. The van der Waals surface area contributed by atoms with E-state index in [1.54, 1.807) is 12.1 Å². The fraction of sp³-hybridized carbons (Fsp3) is 0.250. The molecule has 0 radical (unpaired) electrons. The van der Waals surface area contributed by atoms with Gasteiger partial charge < -0.3 is 5.11 Å². The summed E-state index contributed by atoms with van der Waals surface area (Å²) in [4.78, 5) is 0. The molecule has 0 aliphatic rings. The molecule has 2 rings (SSSR count). The fourth-order valence-electron chi connectivity index (χ4n) is 2.04. The van der Waals surface area contributed by atoms with Crippen LogP contribution in [0.15, 0.2) is 48.5 Å². The summed E-state index contributed by atoms with van der Waals surface area (Å²) in [5.41, 5.74) is 1.92. The molecule has 0 fully saturated rings. The number of aryl methyl sites for hydroxylation is 1. The van der Waals surface area contributed by atoms with Crippen LogP contribution in [0.2, 0.25) is 5.02 Å². The van der Waals surface area contributed by atoms with Crippen LogP contribution in [0, 0.1) is 5.82 Å². The van der Waals surface area contributed by atoms with Crippen LogP contribution >= 0.6 is 11.6 Å². The van der Waals surface area contributed by atoms with E-state index in [2.05, 4.69) is 0 Å². The summed E-state index contributed by atoms with van der Waals surface area (Å²) in [5, 5.41) is 10.2. The summed E-state index contributed by atoms with van der Waals surface area (Å²) < 4.78 is 13.0. The zero-order valence-electron chi connectivity index (χ0n) is 10.5. The third-order valence-electron chi connectivity index (χ3n) is 3.11. The van der Waals surface area contributed by atoms with Gasteiger partial charge in [0, 0.05) is 0 Å². The van der Waals surface area contributed by atoms with Gasteiger partial charge in [0.2, 0.25) is 0 Å². The Kier molecular flexibility index (Phi) is 4.94. The van der Waals surface area contributed by atoms with Gasteiger partial charge in [-0.2, -0.15) is 0 Å². The van der Waals surface area contributed by atoms with E-state index in [0.717, 1.165) is 24.0 Å². The molecule has 0 amide bonds. The Labute approximate surface area is 117 Å². The van der Waals surface area contributed by atoms with Crippen LogP contribution in [-0.4, -0.2) is 5.11 Å². The third-order valence-corrected chi connectivity index (χ3v) is 3.40. The highest BCUT2D eigenvalue weighted by Crippen LogP contribution is 2.21. The molecule has 19 heavy (non-hydrogen) atoms. The minimum Gasteiger partial charge on any atom is -0.388 e. The Morgan fingerprint density at radius 1 is 1.11 bits per heavy atom. The van der Waals surface area contributed by atoms with Gasteiger partial charge in [0.15, 0.2) is 0 Å². The second kappa shape index (κ2) is 6.69. The molecule has 1 atom stereocenters. The summed E-state index contributed by atoms with van der Waals surface area (Å²) >= 11 is 5.73. The van der Waals surface area contributed by atoms with Gasteiger partial charge in [-0.15, -0.1) is 0 Å². The largest absolute Gasteiger partial charge is 0.388 e. The van der Waals surface area contributed by atoms with E-state index in [1.807, 2.05) is 30.3 Å². The molecule has 1 N–H and O–H groups in total. The molecular weight excluding hydrogens is 263 g/mol. The van der Waals surface area contributed by atoms with Gasteiger partial charge in [0.05, 0.1) is 11.1 Å². The molecule has 2 aromatic carbocycles.